The van der Waals surface area contributed by atoms with Crippen molar-refractivity contribution in [1.82, 2.24) is 4.90 Å². The summed E-state index contributed by atoms with van der Waals surface area (Å²) in [5.74, 6) is 0.541. The van der Waals surface area contributed by atoms with Crippen LogP contribution in [-0.4, -0.2) is 30.2 Å². The minimum absolute atomic E-state index is 0.0831. The first-order valence-corrected chi connectivity index (χ1v) is 8.32. The molecule has 0 bridgehead atoms. The van der Waals surface area contributed by atoms with Gasteiger partial charge in [0.05, 0.1) is 6.61 Å². The van der Waals surface area contributed by atoms with Crippen molar-refractivity contribution in [2.24, 2.45) is 5.92 Å². The Morgan fingerprint density at radius 1 is 1.14 bits per heavy atom. The highest BCUT2D eigenvalue weighted by Crippen LogP contribution is 2.31. The van der Waals surface area contributed by atoms with Crippen LogP contribution in [0.25, 0.3) is 0 Å². The molecule has 1 aromatic rings. The minimum Gasteiger partial charge on any atom is -0.449 e. The highest BCUT2D eigenvalue weighted by Gasteiger charge is 2.37. The second-order valence-corrected chi connectivity index (χ2v) is 6.32. The Balaban J connectivity index is 1.45. The Morgan fingerprint density at radius 3 is 2.86 bits per heavy atom. The zero-order chi connectivity index (χ0) is 14.5. The van der Waals surface area contributed by atoms with Gasteiger partial charge in [-0.1, -0.05) is 36.8 Å². The van der Waals surface area contributed by atoms with E-state index in [1.165, 1.54) is 37.7 Å². The van der Waals surface area contributed by atoms with Crippen LogP contribution < -0.4 is 0 Å². The van der Waals surface area contributed by atoms with E-state index < -0.39 is 0 Å². The lowest BCUT2D eigenvalue weighted by Crippen LogP contribution is -2.53. The van der Waals surface area contributed by atoms with Gasteiger partial charge in [-0.3, -0.25) is 0 Å². The highest BCUT2D eigenvalue weighted by atomic mass is 16.6. The average molecular weight is 287 g/mol. The lowest BCUT2D eigenvalue weighted by Gasteiger charge is -2.43. The van der Waals surface area contributed by atoms with Gasteiger partial charge in [-0.2, -0.15) is 0 Å². The van der Waals surface area contributed by atoms with E-state index >= 15 is 0 Å². The first-order valence-electron chi connectivity index (χ1n) is 8.32. The van der Waals surface area contributed by atoms with E-state index in [4.69, 9.17) is 4.74 Å². The van der Waals surface area contributed by atoms with Crippen molar-refractivity contribution in [3.8, 4) is 0 Å². The normalized spacial score (nSPS) is 25.3. The van der Waals surface area contributed by atoms with E-state index in [1.807, 2.05) is 4.90 Å². The van der Waals surface area contributed by atoms with Gasteiger partial charge < -0.3 is 9.64 Å². The zero-order valence-corrected chi connectivity index (χ0v) is 12.7. The summed E-state index contributed by atoms with van der Waals surface area (Å²) in [5, 5.41) is 0. The molecule has 2 saturated heterocycles. The van der Waals surface area contributed by atoms with Crippen molar-refractivity contribution < 1.29 is 9.53 Å². The molecule has 3 rings (SSSR count). The summed E-state index contributed by atoms with van der Waals surface area (Å²) >= 11 is 0. The Bertz CT molecular complexity index is 460. The summed E-state index contributed by atoms with van der Waals surface area (Å²) in [6.45, 7) is 1.52. The summed E-state index contributed by atoms with van der Waals surface area (Å²) in [6.07, 6.45) is 8.26. The van der Waals surface area contributed by atoms with Crippen LogP contribution in [-0.2, 0) is 11.2 Å². The number of piperidine rings is 1. The molecule has 0 saturated carbocycles. The maximum Gasteiger partial charge on any atom is 0.410 e. The number of aryl methyl sites for hydroxylation is 1. The second kappa shape index (κ2) is 6.97. The monoisotopic (exact) mass is 287 g/mol. The summed E-state index contributed by atoms with van der Waals surface area (Å²) in [5.41, 5.74) is 1.42. The fraction of sp³-hybridized carbons (Fsp3) is 0.611. The molecule has 2 heterocycles. The largest absolute Gasteiger partial charge is 0.449 e. The Hall–Kier alpha value is -1.51. The van der Waals surface area contributed by atoms with Crippen molar-refractivity contribution in [3.05, 3.63) is 35.9 Å². The molecule has 1 aromatic carbocycles. The highest BCUT2D eigenvalue weighted by molar-refractivity contribution is 5.69. The number of amides is 1. The van der Waals surface area contributed by atoms with Crippen LogP contribution in [0, 0.1) is 5.92 Å². The van der Waals surface area contributed by atoms with Gasteiger partial charge in [0.1, 0.15) is 0 Å². The van der Waals surface area contributed by atoms with Gasteiger partial charge in [-0.15, -0.1) is 0 Å². The number of carbonyl (C=O) groups is 1. The maximum absolute atomic E-state index is 11.8. The number of fused-ring (bicyclic) bond motifs is 1. The molecule has 0 aromatic heterocycles. The number of unbranched alkanes of at least 4 members (excludes halogenated alkanes) is 1. The molecular formula is C18H25NO2. The number of rotatable bonds is 5. The summed E-state index contributed by atoms with van der Waals surface area (Å²) in [4.78, 5) is 13.8. The molecule has 0 unspecified atom stereocenters. The maximum atomic E-state index is 11.8. The topological polar surface area (TPSA) is 29.5 Å². The molecule has 3 nitrogen and oxygen atoms in total. The molecule has 21 heavy (non-hydrogen) atoms. The van der Waals surface area contributed by atoms with Crippen molar-refractivity contribution in [1.29, 1.82) is 0 Å². The molecule has 2 fully saturated rings. The van der Waals surface area contributed by atoms with Crippen LogP contribution in [0.2, 0.25) is 0 Å². The Labute approximate surface area is 127 Å². The van der Waals surface area contributed by atoms with Gasteiger partial charge in [-0.25, -0.2) is 4.79 Å². The lowest BCUT2D eigenvalue weighted by molar-refractivity contribution is -0.0101. The van der Waals surface area contributed by atoms with E-state index in [9.17, 15) is 4.79 Å². The van der Waals surface area contributed by atoms with Gasteiger partial charge in [0, 0.05) is 18.5 Å². The molecule has 0 spiro atoms. The number of hydrogen-bond acceptors (Lipinski definition) is 2. The van der Waals surface area contributed by atoms with E-state index in [0.717, 1.165) is 19.4 Å². The van der Waals surface area contributed by atoms with Gasteiger partial charge >= 0.3 is 6.09 Å². The molecule has 1 amide bonds. The van der Waals surface area contributed by atoms with Crippen molar-refractivity contribution in [2.75, 3.05) is 13.2 Å². The molecule has 2 aliphatic heterocycles. The molecular weight excluding hydrogens is 262 g/mol. The predicted octanol–water partition coefficient (Wildman–Crippen LogP) is 4.02. The lowest BCUT2D eigenvalue weighted by atomic mass is 9.86. The molecule has 3 heteroatoms. The SMILES string of the molecule is O=C1OC[C@@H](CCCCc2ccccc2)[C@H]2CCCCN12. The van der Waals surface area contributed by atoms with E-state index in [2.05, 4.69) is 30.3 Å². The first kappa shape index (κ1) is 14.4. The van der Waals surface area contributed by atoms with Crippen LogP contribution in [0.4, 0.5) is 4.79 Å². The molecule has 2 atom stereocenters. The summed E-state index contributed by atoms with van der Waals surface area (Å²) in [7, 11) is 0. The quantitative estimate of drug-likeness (QED) is 0.765. The van der Waals surface area contributed by atoms with Crippen LogP contribution in [0.15, 0.2) is 30.3 Å². The number of cyclic esters (lactones) is 1. The van der Waals surface area contributed by atoms with Gasteiger partial charge in [-0.05, 0) is 44.1 Å². The van der Waals surface area contributed by atoms with Gasteiger partial charge in [0.15, 0.2) is 0 Å². The number of nitrogens with zero attached hydrogens (tertiary/aromatic N) is 1. The number of ether oxygens (including phenoxy) is 1. The number of hydrogen-bond donors (Lipinski definition) is 0. The average Bonchev–Trinajstić information content (AvgIpc) is 2.55. The third-order valence-electron chi connectivity index (χ3n) is 4.88. The van der Waals surface area contributed by atoms with E-state index in [1.54, 1.807) is 0 Å². The van der Waals surface area contributed by atoms with Gasteiger partial charge in [0.25, 0.3) is 0 Å². The fourth-order valence-electron chi connectivity index (χ4n) is 3.70. The smallest absolute Gasteiger partial charge is 0.410 e. The third kappa shape index (κ3) is 3.58. The minimum atomic E-state index is -0.0831. The van der Waals surface area contributed by atoms with E-state index in [-0.39, 0.29) is 6.09 Å². The molecule has 0 aliphatic carbocycles. The van der Waals surface area contributed by atoms with Crippen molar-refractivity contribution in [2.45, 2.75) is 51.0 Å². The van der Waals surface area contributed by atoms with Crippen LogP contribution in [0.1, 0.15) is 44.1 Å². The second-order valence-electron chi connectivity index (χ2n) is 6.32. The van der Waals surface area contributed by atoms with E-state index in [0.29, 0.717) is 18.6 Å². The van der Waals surface area contributed by atoms with Crippen LogP contribution in [0.3, 0.4) is 0 Å². The number of carbonyl (C=O) groups excluding carboxylic acids is 1. The van der Waals surface area contributed by atoms with Gasteiger partial charge in [0.2, 0.25) is 0 Å². The Morgan fingerprint density at radius 2 is 2.00 bits per heavy atom. The third-order valence-corrected chi connectivity index (χ3v) is 4.88. The fourth-order valence-corrected chi connectivity index (χ4v) is 3.70. The van der Waals surface area contributed by atoms with Crippen molar-refractivity contribution in [3.63, 3.8) is 0 Å². The van der Waals surface area contributed by atoms with Crippen molar-refractivity contribution >= 4 is 6.09 Å². The predicted molar refractivity (Wildman–Crippen MR) is 83.2 cm³/mol. The molecule has 0 N–H and O–H groups in total. The molecule has 0 radical (unpaired) electrons. The summed E-state index contributed by atoms with van der Waals surface area (Å²) in [6, 6.07) is 11.1. The standard InChI is InChI=1S/C18H25NO2/c20-18-19-13-7-6-12-17(19)16(14-21-18)11-5-4-10-15-8-2-1-3-9-15/h1-3,8-9,16-17H,4-7,10-14H2/t16-,17-/m1/s1. The Kier molecular flexibility index (Phi) is 4.79. The molecule has 2 aliphatic rings. The molecule has 114 valence electrons. The van der Waals surface area contributed by atoms with Crippen LogP contribution in [0.5, 0.6) is 0 Å². The summed E-state index contributed by atoms with van der Waals surface area (Å²) < 4.78 is 5.36. The van der Waals surface area contributed by atoms with Crippen LogP contribution >= 0.6 is 0 Å². The number of benzene rings is 1. The zero-order valence-electron chi connectivity index (χ0n) is 12.7. The first-order chi connectivity index (χ1) is 10.3.